The number of ketones is 1. The summed E-state index contributed by atoms with van der Waals surface area (Å²) >= 11 is 1.44. The third kappa shape index (κ3) is 3.79. The Hall–Kier alpha value is -2.51. The van der Waals surface area contributed by atoms with Gasteiger partial charge in [-0.3, -0.25) is 4.79 Å². The van der Waals surface area contributed by atoms with Crippen LogP contribution < -0.4 is 9.47 Å². The molecule has 7 heteroatoms. The van der Waals surface area contributed by atoms with Crippen LogP contribution in [0.4, 0.5) is 0 Å². The minimum absolute atomic E-state index is 0.0299. The largest absolute Gasteiger partial charge is 0.486 e. The summed E-state index contributed by atoms with van der Waals surface area (Å²) in [7, 11) is 1.68. The van der Waals surface area contributed by atoms with Gasteiger partial charge in [-0.2, -0.15) is 0 Å². The number of fused-ring (bicyclic) bond motifs is 2. The van der Waals surface area contributed by atoms with Crippen molar-refractivity contribution in [3.05, 3.63) is 48.0 Å². The molecule has 3 aromatic rings. The van der Waals surface area contributed by atoms with Crippen LogP contribution in [0.5, 0.6) is 11.5 Å². The number of methoxy groups -OCH3 is 1. The Labute approximate surface area is 161 Å². The molecule has 1 aliphatic heterocycles. The van der Waals surface area contributed by atoms with E-state index in [9.17, 15) is 4.79 Å². The van der Waals surface area contributed by atoms with Gasteiger partial charge < -0.3 is 18.8 Å². The van der Waals surface area contributed by atoms with Crippen LogP contribution in [-0.4, -0.2) is 48.0 Å². The Morgan fingerprint density at radius 2 is 2.00 bits per heavy atom. The maximum Gasteiger partial charge on any atom is 0.173 e. The summed E-state index contributed by atoms with van der Waals surface area (Å²) < 4.78 is 18.4. The Morgan fingerprint density at radius 3 is 2.85 bits per heavy atom. The first-order valence-electron chi connectivity index (χ1n) is 8.76. The minimum atomic E-state index is 0.0299. The molecule has 0 fully saturated rings. The van der Waals surface area contributed by atoms with Gasteiger partial charge in [0.05, 0.1) is 23.4 Å². The molecule has 1 aromatic heterocycles. The van der Waals surface area contributed by atoms with Crippen LogP contribution in [0.25, 0.3) is 11.0 Å². The van der Waals surface area contributed by atoms with E-state index in [1.807, 2.05) is 24.3 Å². The summed E-state index contributed by atoms with van der Waals surface area (Å²) in [6, 6.07) is 13.3. The standard InChI is InChI=1S/C20H20N2O4S/c1-24-9-8-22-16-5-3-2-4-15(16)21-20(22)27-13-17(23)14-6-7-18-19(12-14)26-11-10-25-18/h2-7,12H,8-11,13H2,1H3. The van der Waals surface area contributed by atoms with Crippen molar-refractivity contribution in [2.75, 3.05) is 32.7 Å². The van der Waals surface area contributed by atoms with Gasteiger partial charge in [0, 0.05) is 19.2 Å². The molecule has 0 radical (unpaired) electrons. The monoisotopic (exact) mass is 384 g/mol. The van der Waals surface area contributed by atoms with Crippen LogP contribution in [-0.2, 0) is 11.3 Å². The van der Waals surface area contributed by atoms with Gasteiger partial charge in [0.25, 0.3) is 0 Å². The van der Waals surface area contributed by atoms with Gasteiger partial charge in [0.1, 0.15) is 13.2 Å². The van der Waals surface area contributed by atoms with E-state index in [2.05, 4.69) is 9.55 Å². The predicted octanol–water partition coefficient (Wildman–Crippen LogP) is 3.43. The number of hydrogen-bond acceptors (Lipinski definition) is 6. The quantitative estimate of drug-likeness (QED) is 0.459. The number of thioether (sulfide) groups is 1. The highest BCUT2D eigenvalue weighted by molar-refractivity contribution is 7.99. The van der Waals surface area contributed by atoms with Crippen LogP contribution in [0.2, 0.25) is 0 Å². The van der Waals surface area contributed by atoms with Crippen molar-refractivity contribution in [3.63, 3.8) is 0 Å². The third-order valence-electron chi connectivity index (χ3n) is 4.34. The first kappa shape index (κ1) is 17.9. The number of aromatic nitrogens is 2. The van der Waals surface area contributed by atoms with Gasteiger partial charge in [-0.15, -0.1) is 0 Å². The summed E-state index contributed by atoms with van der Waals surface area (Å²) in [6.45, 7) is 2.32. The molecule has 0 atom stereocenters. The average molecular weight is 384 g/mol. The van der Waals surface area contributed by atoms with Crippen molar-refractivity contribution in [2.24, 2.45) is 0 Å². The highest BCUT2D eigenvalue weighted by Gasteiger charge is 2.17. The van der Waals surface area contributed by atoms with Gasteiger partial charge >= 0.3 is 0 Å². The summed E-state index contributed by atoms with van der Waals surface area (Å²) in [5.41, 5.74) is 2.58. The van der Waals surface area contributed by atoms with E-state index in [4.69, 9.17) is 14.2 Å². The lowest BCUT2D eigenvalue weighted by Gasteiger charge is -2.18. The van der Waals surface area contributed by atoms with Crippen LogP contribution in [0.15, 0.2) is 47.6 Å². The van der Waals surface area contributed by atoms with Gasteiger partial charge in [-0.1, -0.05) is 23.9 Å². The van der Waals surface area contributed by atoms with Crippen molar-refractivity contribution in [1.82, 2.24) is 9.55 Å². The second-order valence-corrected chi connectivity index (χ2v) is 7.04. The molecule has 4 rings (SSSR count). The van der Waals surface area contributed by atoms with Gasteiger partial charge in [0.2, 0.25) is 0 Å². The fraction of sp³-hybridized carbons (Fsp3) is 0.300. The molecular formula is C20H20N2O4S. The molecule has 0 bridgehead atoms. The summed E-state index contributed by atoms with van der Waals surface area (Å²) in [5.74, 6) is 1.65. The summed E-state index contributed by atoms with van der Waals surface area (Å²) in [5, 5.41) is 0.819. The normalized spacial score (nSPS) is 13.1. The number of nitrogens with zero attached hydrogens (tertiary/aromatic N) is 2. The number of hydrogen-bond donors (Lipinski definition) is 0. The van der Waals surface area contributed by atoms with Crippen molar-refractivity contribution < 1.29 is 19.0 Å². The second kappa shape index (κ2) is 8.02. The van der Waals surface area contributed by atoms with E-state index in [1.165, 1.54) is 11.8 Å². The van der Waals surface area contributed by atoms with Gasteiger partial charge in [-0.05, 0) is 30.3 Å². The van der Waals surface area contributed by atoms with E-state index in [0.717, 1.165) is 16.2 Å². The molecule has 2 aromatic carbocycles. The molecule has 27 heavy (non-hydrogen) atoms. The number of ether oxygens (including phenoxy) is 3. The van der Waals surface area contributed by atoms with E-state index in [-0.39, 0.29) is 5.78 Å². The zero-order valence-corrected chi connectivity index (χ0v) is 15.8. The van der Waals surface area contributed by atoms with Crippen molar-refractivity contribution in [1.29, 1.82) is 0 Å². The molecule has 0 unspecified atom stereocenters. The number of benzene rings is 2. The zero-order valence-electron chi connectivity index (χ0n) is 15.0. The van der Waals surface area contributed by atoms with E-state index in [1.54, 1.807) is 25.3 Å². The minimum Gasteiger partial charge on any atom is -0.486 e. The molecule has 6 nitrogen and oxygen atoms in total. The lowest BCUT2D eigenvalue weighted by Crippen LogP contribution is -2.16. The number of imidazole rings is 1. The molecule has 0 saturated carbocycles. The number of para-hydroxylation sites is 2. The summed E-state index contributed by atoms with van der Waals surface area (Å²) in [4.78, 5) is 17.3. The van der Waals surface area contributed by atoms with Crippen LogP contribution in [0.1, 0.15) is 10.4 Å². The molecule has 0 amide bonds. The smallest absolute Gasteiger partial charge is 0.173 e. The fourth-order valence-electron chi connectivity index (χ4n) is 2.99. The van der Waals surface area contributed by atoms with Gasteiger partial charge in [-0.25, -0.2) is 4.98 Å². The van der Waals surface area contributed by atoms with Gasteiger partial charge in [0.15, 0.2) is 22.4 Å². The molecule has 1 aliphatic rings. The number of carbonyl (C=O) groups is 1. The van der Waals surface area contributed by atoms with Crippen molar-refractivity contribution >= 4 is 28.6 Å². The van der Waals surface area contributed by atoms with Crippen LogP contribution in [0, 0.1) is 0 Å². The number of rotatable bonds is 7. The van der Waals surface area contributed by atoms with Crippen LogP contribution >= 0.6 is 11.8 Å². The first-order valence-corrected chi connectivity index (χ1v) is 9.74. The highest BCUT2D eigenvalue weighted by Crippen LogP contribution is 2.31. The van der Waals surface area contributed by atoms with Crippen molar-refractivity contribution in [3.8, 4) is 11.5 Å². The first-order chi connectivity index (χ1) is 13.3. The van der Waals surface area contributed by atoms with E-state index < -0.39 is 0 Å². The Balaban J connectivity index is 1.52. The molecule has 0 spiro atoms. The SMILES string of the molecule is COCCn1c(SCC(=O)c2ccc3c(c2)OCCO3)nc2ccccc21. The molecule has 0 aliphatic carbocycles. The summed E-state index contributed by atoms with van der Waals surface area (Å²) in [6.07, 6.45) is 0. The Kier molecular flexibility index (Phi) is 5.31. The maximum atomic E-state index is 12.7. The fourth-order valence-corrected chi connectivity index (χ4v) is 3.93. The second-order valence-electron chi connectivity index (χ2n) is 6.10. The van der Waals surface area contributed by atoms with Crippen LogP contribution in [0.3, 0.4) is 0 Å². The van der Waals surface area contributed by atoms with E-state index >= 15 is 0 Å². The highest BCUT2D eigenvalue weighted by atomic mass is 32.2. The number of Topliss-reactive ketones (excluding diaryl/α,β-unsaturated/α-hetero) is 1. The lowest BCUT2D eigenvalue weighted by molar-refractivity contribution is 0.102. The topological polar surface area (TPSA) is 62.6 Å². The van der Waals surface area contributed by atoms with E-state index in [0.29, 0.717) is 49.2 Å². The lowest BCUT2D eigenvalue weighted by atomic mass is 10.1. The van der Waals surface area contributed by atoms with Crippen molar-refractivity contribution in [2.45, 2.75) is 11.7 Å². The zero-order chi connectivity index (χ0) is 18.6. The maximum absolute atomic E-state index is 12.7. The third-order valence-corrected chi connectivity index (χ3v) is 5.31. The molecular weight excluding hydrogens is 364 g/mol. The number of carbonyl (C=O) groups excluding carboxylic acids is 1. The molecule has 0 saturated heterocycles. The average Bonchev–Trinajstić information content (AvgIpc) is 3.07. The molecule has 2 heterocycles. The Morgan fingerprint density at radius 1 is 1.19 bits per heavy atom. The Bertz CT molecular complexity index is 970. The predicted molar refractivity (Wildman–Crippen MR) is 104 cm³/mol. The molecule has 0 N–H and O–H groups in total. The molecule has 140 valence electrons.